The number of ether oxygens (including phenoxy) is 2. The first-order valence-electron chi connectivity index (χ1n) is 8.29. The Kier molecular flexibility index (Phi) is 6.86. The maximum atomic E-state index is 12.8. The molecule has 5 nitrogen and oxygen atoms in total. The van der Waals surface area contributed by atoms with E-state index in [0.29, 0.717) is 0 Å². The Balaban J connectivity index is 1.96. The van der Waals surface area contributed by atoms with Gasteiger partial charge in [-0.05, 0) is 37.6 Å². The van der Waals surface area contributed by atoms with Crippen LogP contribution in [0.2, 0.25) is 0 Å². The van der Waals surface area contributed by atoms with Gasteiger partial charge in [0.1, 0.15) is 5.75 Å². The van der Waals surface area contributed by atoms with Gasteiger partial charge >= 0.3 is 0 Å². The van der Waals surface area contributed by atoms with E-state index >= 15 is 0 Å². The van der Waals surface area contributed by atoms with Crippen LogP contribution in [0.25, 0.3) is 0 Å². The first kappa shape index (κ1) is 17.8. The van der Waals surface area contributed by atoms with E-state index in [1.807, 2.05) is 36.1 Å². The van der Waals surface area contributed by atoms with Crippen molar-refractivity contribution in [3.63, 3.8) is 0 Å². The minimum Gasteiger partial charge on any atom is -0.497 e. The molecule has 23 heavy (non-hydrogen) atoms. The maximum absolute atomic E-state index is 12.8. The largest absolute Gasteiger partial charge is 0.497 e. The number of benzene rings is 1. The number of rotatable bonds is 6. The monoisotopic (exact) mass is 320 g/mol. The molecule has 1 aromatic rings. The summed E-state index contributed by atoms with van der Waals surface area (Å²) in [4.78, 5) is 17.2. The number of hydrogen-bond acceptors (Lipinski definition) is 4. The molecule has 1 aliphatic rings. The molecule has 0 aromatic heterocycles. The van der Waals surface area contributed by atoms with Gasteiger partial charge in [-0.1, -0.05) is 12.1 Å². The van der Waals surface area contributed by atoms with Gasteiger partial charge in [0.25, 0.3) is 0 Å². The van der Waals surface area contributed by atoms with Crippen molar-refractivity contribution >= 4 is 5.91 Å². The number of carbonyl (C=O) groups excluding carboxylic acids is 1. The van der Waals surface area contributed by atoms with Gasteiger partial charge in [-0.25, -0.2) is 0 Å². The van der Waals surface area contributed by atoms with Crippen molar-refractivity contribution in [2.75, 3.05) is 53.6 Å². The van der Waals surface area contributed by atoms with Crippen molar-refractivity contribution in [1.82, 2.24) is 9.80 Å². The van der Waals surface area contributed by atoms with Crippen LogP contribution in [0.4, 0.5) is 0 Å². The van der Waals surface area contributed by atoms with Crippen molar-refractivity contribution in [3.05, 3.63) is 29.8 Å². The van der Waals surface area contributed by atoms with Crippen LogP contribution in [0.5, 0.6) is 5.75 Å². The normalized spacial score (nSPS) is 17.6. The van der Waals surface area contributed by atoms with E-state index in [9.17, 15) is 4.79 Å². The highest BCUT2D eigenvalue weighted by Crippen LogP contribution is 2.23. The zero-order valence-electron chi connectivity index (χ0n) is 14.5. The summed E-state index contributed by atoms with van der Waals surface area (Å²) < 4.78 is 10.4. The molecule has 1 atom stereocenters. The number of hydrogen-bond donors (Lipinski definition) is 0. The van der Waals surface area contributed by atoms with Gasteiger partial charge in [0.15, 0.2) is 0 Å². The Morgan fingerprint density at radius 2 is 2.04 bits per heavy atom. The van der Waals surface area contributed by atoms with E-state index in [2.05, 4.69) is 4.90 Å². The third-order valence-electron chi connectivity index (χ3n) is 4.48. The van der Waals surface area contributed by atoms with Gasteiger partial charge in [0.2, 0.25) is 5.91 Å². The second-order valence-electron chi connectivity index (χ2n) is 6.01. The fraction of sp³-hybridized carbons (Fsp3) is 0.611. The van der Waals surface area contributed by atoms with Crippen LogP contribution in [0.1, 0.15) is 24.8 Å². The van der Waals surface area contributed by atoms with Crippen molar-refractivity contribution < 1.29 is 14.3 Å². The molecule has 1 amide bonds. The summed E-state index contributed by atoms with van der Waals surface area (Å²) in [7, 11) is 3.37. The van der Waals surface area contributed by atoms with Crippen LogP contribution < -0.4 is 4.74 Å². The number of amides is 1. The third-order valence-corrected chi connectivity index (χ3v) is 4.48. The highest BCUT2D eigenvalue weighted by molar-refractivity contribution is 5.83. The molecule has 0 radical (unpaired) electrons. The van der Waals surface area contributed by atoms with E-state index < -0.39 is 0 Å². The van der Waals surface area contributed by atoms with Gasteiger partial charge < -0.3 is 14.4 Å². The molecule has 0 N–H and O–H groups in total. The molecule has 1 heterocycles. The molecular weight excluding hydrogens is 292 g/mol. The van der Waals surface area contributed by atoms with Crippen LogP contribution in [0.15, 0.2) is 24.3 Å². The van der Waals surface area contributed by atoms with E-state index in [1.54, 1.807) is 14.2 Å². The SMILES string of the molecule is COCCN1CCCN(C(=O)C(C)c2cccc(OC)c2)CC1. The van der Waals surface area contributed by atoms with Crippen LogP contribution in [0.3, 0.4) is 0 Å². The van der Waals surface area contributed by atoms with Gasteiger partial charge in [-0.2, -0.15) is 0 Å². The Morgan fingerprint density at radius 3 is 2.78 bits per heavy atom. The highest BCUT2D eigenvalue weighted by atomic mass is 16.5. The standard InChI is InChI=1S/C18H28N2O3/c1-15(16-6-4-7-17(14-16)23-3)18(21)20-9-5-8-19(10-11-20)12-13-22-2/h4,6-7,14-15H,5,8-13H2,1-3H3. The van der Waals surface area contributed by atoms with Crippen LogP contribution in [-0.2, 0) is 9.53 Å². The molecule has 1 fully saturated rings. The van der Waals surface area contributed by atoms with Crippen molar-refractivity contribution in [3.8, 4) is 5.75 Å². The summed E-state index contributed by atoms with van der Waals surface area (Å²) in [6.07, 6.45) is 1.01. The van der Waals surface area contributed by atoms with Crippen molar-refractivity contribution in [2.45, 2.75) is 19.3 Å². The summed E-state index contributed by atoms with van der Waals surface area (Å²) >= 11 is 0. The number of methoxy groups -OCH3 is 2. The zero-order chi connectivity index (χ0) is 16.7. The summed E-state index contributed by atoms with van der Waals surface area (Å²) in [5.41, 5.74) is 1.01. The van der Waals surface area contributed by atoms with Crippen LogP contribution >= 0.6 is 0 Å². The topological polar surface area (TPSA) is 42.0 Å². The molecule has 128 valence electrons. The van der Waals surface area contributed by atoms with Gasteiger partial charge in [-0.3, -0.25) is 9.69 Å². The van der Waals surface area contributed by atoms with Gasteiger partial charge in [0, 0.05) is 33.3 Å². The first-order valence-corrected chi connectivity index (χ1v) is 8.29. The lowest BCUT2D eigenvalue weighted by molar-refractivity contribution is -0.132. The molecule has 1 saturated heterocycles. The Labute approximate surface area is 139 Å². The second kappa shape index (κ2) is 8.89. The van der Waals surface area contributed by atoms with Crippen LogP contribution in [-0.4, -0.2) is 69.3 Å². The minimum absolute atomic E-state index is 0.143. The van der Waals surface area contributed by atoms with Crippen molar-refractivity contribution in [1.29, 1.82) is 0 Å². The predicted molar refractivity (Wildman–Crippen MR) is 90.9 cm³/mol. The molecule has 1 aromatic carbocycles. The lowest BCUT2D eigenvalue weighted by atomic mass is 9.99. The van der Waals surface area contributed by atoms with E-state index in [4.69, 9.17) is 9.47 Å². The summed E-state index contributed by atoms with van der Waals surface area (Å²) in [5, 5.41) is 0. The van der Waals surface area contributed by atoms with Crippen molar-refractivity contribution in [2.24, 2.45) is 0 Å². The minimum atomic E-state index is -0.143. The maximum Gasteiger partial charge on any atom is 0.229 e. The lowest BCUT2D eigenvalue weighted by Crippen LogP contribution is -2.38. The van der Waals surface area contributed by atoms with E-state index in [0.717, 1.165) is 57.1 Å². The third kappa shape index (κ3) is 4.94. The fourth-order valence-electron chi connectivity index (χ4n) is 2.96. The summed E-state index contributed by atoms with van der Waals surface area (Å²) in [6, 6.07) is 7.78. The lowest BCUT2D eigenvalue weighted by Gasteiger charge is -2.25. The smallest absolute Gasteiger partial charge is 0.229 e. The van der Waals surface area contributed by atoms with Gasteiger partial charge in [-0.15, -0.1) is 0 Å². The van der Waals surface area contributed by atoms with E-state index in [-0.39, 0.29) is 11.8 Å². The zero-order valence-corrected chi connectivity index (χ0v) is 14.5. The predicted octanol–water partition coefficient (Wildman–Crippen LogP) is 1.98. The molecule has 0 saturated carbocycles. The molecule has 0 aliphatic carbocycles. The highest BCUT2D eigenvalue weighted by Gasteiger charge is 2.24. The number of carbonyl (C=O) groups is 1. The molecule has 0 spiro atoms. The van der Waals surface area contributed by atoms with Gasteiger partial charge in [0.05, 0.1) is 19.6 Å². The summed E-state index contributed by atoms with van der Waals surface area (Å²) in [6.45, 7) is 7.22. The van der Waals surface area contributed by atoms with Crippen LogP contribution in [0, 0.1) is 0 Å². The quantitative estimate of drug-likeness (QED) is 0.804. The average molecular weight is 320 g/mol. The fourth-order valence-corrected chi connectivity index (χ4v) is 2.96. The molecule has 5 heteroatoms. The number of nitrogens with zero attached hydrogens (tertiary/aromatic N) is 2. The Bertz CT molecular complexity index is 507. The molecule has 2 rings (SSSR count). The molecule has 0 bridgehead atoms. The molecule has 1 aliphatic heterocycles. The molecule has 1 unspecified atom stereocenters. The molecular formula is C18H28N2O3. The summed E-state index contributed by atoms with van der Waals surface area (Å²) in [5.74, 6) is 0.853. The van der Waals surface area contributed by atoms with E-state index in [1.165, 1.54) is 0 Å². The second-order valence-corrected chi connectivity index (χ2v) is 6.01. The average Bonchev–Trinajstić information content (AvgIpc) is 2.84. The Morgan fingerprint density at radius 1 is 1.22 bits per heavy atom. The Hall–Kier alpha value is -1.59. The first-order chi connectivity index (χ1) is 11.2.